The Balaban J connectivity index is 2.26. The fraction of sp³-hybridized carbons (Fsp3) is 0.333. The minimum atomic E-state index is -3.54. The maximum absolute atomic E-state index is 12.5. The smallest absolute Gasteiger partial charge is 0.241 e. The zero-order valence-electron chi connectivity index (χ0n) is 12.1. The second-order valence-electron chi connectivity index (χ2n) is 5.21. The molecule has 6 heteroatoms. The molecule has 0 aliphatic rings. The maximum Gasteiger partial charge on any atom is 0.241 e. The highest BCUT2D eigenvalue weighted by Gasteiger charge is 2.24. The molecule has 0 fully saturated rings. The lowest BCUT2D eigenvalue weighted by Crippen LogP contribution is -2.31. The van der Waals surface area contributed by atoms with Crippen LogP contribution in [0.15, 0.2) is 46.7 Å². The first-order valence-corrected chi connectivity index (χ1v) is 9.15. The van der Waals surface area contributed by atoms with Crippen LogP contribution in [0.5, 0.6) is 0 Å². The highest BCUT2D eigenvalue weighted by atomic mass is 32.2. The highest BCUT2D eigenvalue weighted by molar-refractivity contribution is 7.89. The van der Waals surface area contributed by atoms with Gasteiger partial charge in [-0.15, -0.1) is 11.3 Å². The van der Waals surface area contributed by atoms with Gasteiger partial charge in [-0.1, -0.05) is 32.0 Å². The zero-order valence-corrected chi connectivity index (χ0v) is 13.7. The number of benzene rings is 1. The van der Waals surface area contributed by atoms with Gasteiger partial charge in [0.25, 0.3) is 0 Å². The third-order valence-corrected chi connectivity index (χ3v) is 5.68. The van der Waals surface area contributed by atoms with Gasteiger partial charge in [0.1, 0.15) is 0 Å². The summed E-state index contributed by atoms with van der Waals surface area (Å²) in [6.07, 6.45) is 0. The standard InChI is InChI=1S/C15H20N2O2S2/c1-11(2)15(14-4-3-9-20-14)17-21(18,19)13-7-5-12(10-16)6-8-13/h3-9,11,15,17H,10,16H2,1-2H3. The molecule has 4 nitrogen and oxygen atoms in total. The van der Waals surface area contributed by atoms with Crippen molar-refractivity contribution in [2.45, 2.75) is 31.3 Å². The average Bonchev–Trinajstić information content (AvgIpc) is 2.98. The van der Waals surface area contributed by atoms with Crippen molar-refractivity contribution < 1.29 is 8.42 Å². The highest BCUT2D eigenvalue weighted by Crippen LogP contribution is 2.27. The molecule has 114 valence electrons. The van der Waals surface area contributed by atoms with E-state index in [1.165, 1.54) is 0 Å². The molecule has 0 saturated heterocycles. The Kier molecular flexibility index (Phi) is 5.16. The van der Waals surface area contributed by atoms with E-state index in [4.69, 9.17) is 5.73 Å². The van der Waals surface area contributed by atoms with Crippen molar-refractivity contribution in [3.8, 4) is 0 Å². The SMILES string of the molecule is CC(C)C(NS(=O)(=O)c1ccc(CN)cc1)c1cccs1. The van der Waals surface area contributed by atoms with Gasteiger partial charge in [0, 0.05) is 11.4 Å². The van der Waals surface area contributed by atoms with Gasteiger partial charge < -0.3 is 5.73 Å². The molecule has 0 spiro atoms. The first kappa shape index (κ1) is 16.2. The number of hydrogen-bond donors (Lipinski definition) is 2. The lowest BCUT2D eigenvalue weighted by molar-refractivity contribution is 0.469. The summed E-state index contributed by atoms with van der Waals surface area (Å²) in [5.74, 6) is 0.168. The maximum atomic E-state index is 12.5. The number of thiophene rings is 1. The van der Waals surface area contributed by atoms with Crippen LogP contribution in [0.4, 0.5) is 0 Å². The van der Waals surface area contributed by atoms with Crippen molar-refractivity contribution in [1.82, 2.24) is 4.72 Å². The van der Waals surface area contributed by atoms with Crippen LogP contribution in [0.3, 0.4) is 0 Å². The Bertz CT molecular complexity index is 662. The summed E-state index contributed by atoms with van der Waals surface area (Å²) in [6, 6.07) is 10.3. The molecule has 1 atom stereocenters. The summed E-state index contributed by atoms with van der Waals surface area (Å²) < 4.78 is 27.8. The predicted octanol–water partition coefficient (Wildman–Crippen LogP) is 2.88. The van der Waals surface area contributed by atoms with Crippen molar-refractivity contribution in [2.75, 3.05) is 0 Å². The van der Waals surface area contributed by atoms with Gasteiger partial charge in [0.05, 0.1) is 10.9 Å². The number of rotatable bonds is 6. The van der Waals surface area contributed by atoms with Crippen LogP contribution in [0.1, 0.15) is 30.3 Å². The zero-order chi connectivity index (χ0) is 15.5. The Morgan fingerprint density at radius 1 is 1.19 bits per heavy atom. The van der Waals surface area contributed by atoms with Crippen LogP contribution in [0.25, 0.3) is 0 Å². The molecule has 0 aliphatic carbocycles. The summed E-state index contributed by atoms with van der Waals surface area (Å²) in [6.45, 7) is 4.41. The molecule has 0 aliphatic heterocycles. The molecule has 0 amide bonds. The van der Waals surface area contributed by atoms with E-state index in [2.05, 4.69) is 4.72 Å². The summed E-state index contributed by atoms with van der Waals surface area (Å²) in [7, 11) is -3.54. The molecular formula is C15H20N2O2S2. The van der Waals surface area contributed by atoms with Crippen LogP contribution < -0.4 is 10.5 Å². The largest absolute Gasteiger partial charge is 0.326 e. The topological polar surface area (TPSA) is 72.2 Å². The van der Waals surface area contributed by atoms with Gasteiger partial charge in [0.2, 0.25) is 10.0 Å². The van der Waals surface area contributed by atoms with E-state index in [1.807, 2.05) is 31.4 Å². The summed E-state index contributed by atoms with van der Waals surface area (Å²) in [5.41, 5.74) is 6.44. The number of hydrogen-bond acceptors (Lipinski definition) is 4. The quantitative estimate of drug-likeness (QED) is 0.858. The van der Waals surface area contributed by atoms with E-state index >= 15 is 0 Å². The Morgan fingerprint density at radius 2 is 1.86 bits per heavy atom. The molecule has 3 N–H and O–H groups in total. The van der Waals surface area contributed by atoms with Gasteiger partial charge in [-0.3, -0.25) is 0 Å². The van der Waals surface area contributed by atoms with Gasteiger partial charge in [-0.25, -0.2) is 13.1 Å². The number of sulfonamides is 1. The minimum Gasteiger partial charge on any atom is -0.326 e. The normalized spacial score (nSPS) is 13.5. The van der Waals surface area contributed by atoms with Crippen molar-refractivity contribution in [2.24, 2.45) is 11.7 Å². The number of nitrogens with two attached hydrogens (primary N) is 1. The van der Waals surface area contributed by atoms with E-state index in [9.17, 15) is 8.42 Å². The van der Waals surface area contributed by atoms with Crippen LogP contribution in [-0.4, -0.2) is 8.42 Å². The minimum absolute atomic E-state index is 0.168. The van der Waals surface area contributed by atoms with E-state index < -0.39 is 10.0 Å². The van der Waals surface area contributed by atoms with Gasteiger partial charge in [0.15, 0.2) is 0 Å². The molecule has 1 heterocycles. The van der Waals surface area contributed by atoms with Gasteiger partial charge >= 0.3 is 0 Å². The molecule has 0 radical (unpaired) electrons. The van der Waals surface area contributed by atoms with Gasteiger partial charge in [-0.05, 0) is 35.1 Å². The molecule has 1 unspecified atom stereocenters. The van der Waals surface area contributed by atoms with Crippen LogP contribution in [0, 0.1) is 5.92 Å². The van der Waals surface area contributed by atoms with Crippen molar-refractivity contribution in [1.29, 1.82) is 0 Å². The monoisotopic (exact) mass is 324 g/mol. The second-order valence-corrected chi connectivity index (χ2v) is 7.90. The molecule has 2 rings (SSSR count). The molecule has 2 aromatic rings. The molecule has 0 saturated carbocycles. The van der Waals surface area contributed by atoms with Crippen molar-refractivity contribution in [3.63, 3.8) is 0 Å². The summed E-state index contributed by atoms with van der Waals surface area (Å²) in [5, 5.41) is 1.95. The van der Waals surface area contributed by atoms with Crippen molar-refractivity contribution >= 4 is 21.4 Å². The predicted molar refractivity (Wildman–Crippen MR) is 86.6 cm³/mol. The Labute approximate surface area is 130 Å². The second kappa shape index (κ2) is 6.70. The molecule has 0 bridgehead atoms. The Hall–Kier alpha value is -1.21. The number of nitrogens with one attached hydrogen (secondary N) is 1. The first-order valence-electron chi connectivity index (χ1n) is 6.79. The fourth-order valence-corrected chi connectivity index (χ4v) is 4.42. The lowest BCUT2D eigenvalue weighted by Gasteiger charge is -2.21. The molecule has 21 heavy (non-hydrogen) atoms. The van der Waals surface area contributed by atoms with Gasteiger partial charge in [-0.2, -0.15) is 0 Å². The fourth-order valence-electron chi connectivity index (χ4n) is 2.03. The third kappa shape index (κ3) is 3.91. The van der Waals surface area contributed by atoms with Crippen LogP contribution in [-0.2, 0) is 16.6 Å². The van der Waals surface area contributed by atoms with E-state index in [-0.39, 0.29) is 16.9 Å². The van der Waals surface area contributed by atoms with Crippen molar-refractivity contribution in [3.05, 3.63) is 52.2 Å². The van der Waals surface area contributed by atoms with Crippen LogP contribution >= 0.6 is 11.3 Å². The lowest BCUT2D eigenvalue weighted by atomic mass is 10.0. The van der Waals surface area contributed by atoms with Crippen LogP contribution in [0.2, 0.25) is 0 Å². The molecule has 1 aromatic carbocycles. The Morgan fingerprint density at radius 3 is 2.33 bits per heavy atom. The molecule has 1 aromatic heterocycles. The van der Waals surface area contributed by atoms with E-state index in [0.717, 1.165) is 10.4 Å². The van der Waals surface area contributed by atoms with E-state index in [1.54, 1.807) is 35.6 Å². The third-order valence-electron chi connectivity index (χ3n) is 3.27. The summed E-state index contributed by atoms with van der Waals surface area (Å²) >= 11 is 1.56. The van der Waals surface area contributed by atoms with E-state index in [0.29, 0.717) is 6.54 Å². The molecular weight excluding hydrogens is 304 g/mol. The summed E-state index contributed by atoms with van der Waals surface area (Å²) in [4.78, 5) is 1.29. The first-order chi connectivity index (χ1) is 9.94. The average molecular weight is 324 g/mol.